The topological polar surface area (TPSA) is 64.6 Å². The molecule has 1 aliphatic carbocycles. The molecule has 31 heavy (non-hydrogen) atoms. The lowest BCUT2D eigenvalue weighted by molar-refractivity contribution is 0.226. The molecule has 0 saturated heterocycles. The van der Waals surface area contributed by atoms with E-state index in [4.69, 9.17) is 33.2 Å². The number of carbonyl (C=O) groups is 1. The molecular weight excluding hydrogens is 457 g/mol. The third-order valence-corrected chi connectivity index (χ3v) is 7.00. The number of aromatic nitrogens is 2. The van der Waals surface area contributed by atoms with Gasteiger partial charge in [0.2, 0.25) is 0 Å². The van der Waals surface area contributed by atoms with E-state index in [1.165, 1.54) is 12.8 Å². The highest BCUT2D eigenvalue weighted by Crippen LogP contribution is 2.38. The zero-order chi connectivity index (χ0) is 20.8. The van der Waals surface area contributed by atoms with E-state index >= 15 is 0 Å². The van der Waals surface area contributed by atoms with Crippen LogP contribution in [0.25, 0.3) is 0 Å². The number of fused-ring (bicyclic) bond motifs is 3. The third kappa shape index (κ3) is 3.94. The minimum atomic E-state index is -0.0889. The molecule has 1 aromatic carbocycles. The Kier molecular flexibility index (Phi) is 6.52. The molecule has 1 aromatic heterocycles. The standard InChI is InChI=1S/C22H25Cl2N5O.ClH/c1-2-10-28-21-18(26-19(27-21)13-6-3-4-7-13)20-25-14(12-29(20)22(28)30)11-15-16(23)8-5-9-17(15)24;/h5,8-9,13-14H,2-4,6-7,10-12H2,1H3,(H,26,27);1H. The van der Waals surface area contributed by atoms with Gasteiger partial charge in [0.15, 0.2) is 11.7 Å². The van der Waals surface area contributed by atoms with E-state index < -0.39 is 0 Å². The molecule has 1 atom stereocenters. The van der Waals surface area contributed by atoms with E-state index in [1.807, 2.05) is 18.2 Å². The maximum Gasteiger partial charge on any atom is 0.331 e. The van der Waals surface area contributed by atoms with Crippen molar-refractivity contribution in [3.63, 3.8) is 0 Å². The van der Waals surface area contributed by atoms with Crippen molar-refractivity contribution in [1.82, 2.24) is 14.9 Å². The number of nitrogens with zero attached hydrogens (tertiary/aromatic N) is 4. The zero-order valence-corrected chi connectivity index (χ0v) is 19.7. The zero-order valence-electron chi connectivity index (χ0n) is 17.4. The Morgan fingerprint density at radius 2 is 1.90 bits per heavy atom. The Bertz CT molecular complexity index is 994. The monoisotopic (exact) mass is 481 g/mol. The highest BCUT2D eigenvalue weighted by Gasteiger charge is 2.43. The molecule has 1 unspecified atom stereocenters. The first-order chi connectivity index (χ1) is 14.6. The van der Waals surface area contributed by atoms with Gasteiger partial charge < -0.3 is 4.98 Å². The van der Waals surface area contributed by atoms with Crippen molar-refractivity contribution in [3.8, 4) is 0 Å². The predicted molar refractivity (Wildman–Crippen MR) is 127 cm³/mol. The van der Waals surface area contributed by atoms with Crippen LogP contribution in [0.1, 0.15) is 62.0 Å². The first-order valence-corrected chi connectivity index (χ1v) is 11.5. The van der Waals surface area contributed by atoms with Crippen LogP contribution in [-0.4, -0.2) is 45.9 Å². The molecule has 3 heterocycles. The molecule has 5 rings (SSSR count). The van der Waals surface area contributed by atoms with Crippen LogP contribution in [0.3, 0.4) is 0 Å². The van der Waals surface area contributed by atoms with Crippen LogP contribution < -0.4 is 4.90 Å². The van der Waals surface area contributed by atoms with Gasteiger partial charge in [-0.3, -0.25) is 14.8 Å². The lowest BCUT2D eigenvalue weighted by atomic mass is 10.1. The number of rotatable bonds is 5. The number of carbonyl (C=O) groups excluding carboxylic acids is 1. The molecule has 1 saturated carbocycles. The van der Waals surface area contributed by atoms with Gasteiger partial charge in [-0.1, -0.05) is 49.0 Å². The highest BCUT2D eigenvalue weighted by atomic mass is 35.5. The molecule has 2 aromatic rings. The van der Waals surface area contributed by atoms with Crippen LogP contribution >= 0.6 is 35.6 Å². The second-order valence-electron chi connectivity index (χ2n) is 8.36. The molecule has 0 radical (unpaired) electrons. The maximum atomic E-state index is 13.3. The number of anilines is 1. The van der Waals surface area contributed by atoms with Crippen molar-refractivity contribution in [3.05, 3.63) is 45.3 Å². The number of aromatic amines is 1. The van der Waals surface area contributed by atoms with Crippen LogP contribution in [0.2, 0.25) is 10.0 Å². The maximum absolute atomic E-state index is 13.3. The Morgan fingerprint density at radius 1 is 1.19 bits per heavy atom. The summed E-state index contributed by atoms with van der Waals surface area (Å²) >= 11 is 12.7. The number of hydrogen-bond acceptors (Lipinski definition) is 3. The Labute approximate surface area is 198 Å². The minimum absolute atomic E-state index is 0. The molecule has 6 nitrogen and oxygen atoms in total. The average Bonchev–Trinajstić information content (AvgIpc) is 3.46. The molecule has 166 valence electrons. The average molecular weight is 483 g/mol. The lowest BCUT2D eigenvalue weighted by Crippen LogP contribution is -2.50. The van der Waals surface area contributed by atoms with Gasteiger partial charge in [0.1, 0.15) is 11.5 Å². The first-order valence-electron chi connectivity index (χ1n) is 10.8. The normalized spacial score (nSPS) is 20.5. The van der Waals surface area contributed by atoms with Crippen LogP contribution in [0.5, 0.6) is 0 Å². The van der Waals surface area contributed by atoms with Crippen LogP contribution in [0.15, 0.2) is 23.2 Å². The Balaban J connectivity index is 0.00000231. The summed E-state index contributed by atoms with van der Waals surface area (Å²) in [6.45, 7) is 3.24. The summed E-state index contributed by atoms with van der Waals surface area (Å²) in [5, 5.41) is 1.27. The van der Waals surface area contributed by atoms with Crippen molar-refractivity contribution in [2.24, 2.45) is 4.99 Å². The molecule has 0 spiro atoms. The second-order valence-corrected chi connectivity index (χ2v) is 9.17. The third-order valence-electron chi connectivity index (χ3n) is 6.29. The van der Waals surface area contributed by atoms with Gasteiger partial charge in [-0.05, 0) is 43.4 Å². The second kappa shape index (κ2) is 9.00. The van der Waals surface area contributed by atoms with Gasteiger partial charge in [0.25, 0.3) is 0 Å². The fourth-order valence-electron chi connectivity index (χ4n) is 4.81. The molecule has 2 amide bonds. The van der Waals surface area contributed by atoms with Gasteiger partial charge in [-0.15, -0.1) is 12.4 Å². The fraction of sp³-hybridized carbons (Fsp3) is 0.500. The SMILES string of the molecule is CCCN1C(=O)N2CC(Cc3c(Cl)cccc3Cl)N=C2c2[nH]c(C3CCCC3)nc21.Cl. The van der Waals surface area contributed by atoms with Crippen LogP contribution in [0.4, 0.5) is 10.6 Å². The Morgan fingerprint density at radius 3 is 2.58 bits per heavy atom. The largest absolute Gasteiger partial charge is 0.337 e. The molecule has 0 bridgehead atoms. The smallest absolute Gasteiger partial charge is 0.331 e. The van der Waals surface area contributed by atoms with Gasteiger partial charge >= 0.3 is 6.03 Å². The summed E-state index contributed by atoms with van der Waals surface area (Å²) in [6.07, 6.45) is 6.24. The number of amides is 2. The van der Waals surface area contributed by atoms with Crippen molar-refractivity contribution >= 4 is 53.3 Å². The summed E-state index contributed by atoms with van der Waals surface area (Å²) < 4.78 is 0. The summed E-state index contributed by atoms with van der Waals surface area (Å²) in [5.74, 6) is 2.87. The van der Waals surface area contributed by atoms with Gasteiger partial charge in [0, 0.05) is 22.5 Å². The molecule has 1 N–H and O–H groups in total. The van der Waals surface area contributed by atoms with E-state index in [1.54, 1.807) is 9.80 Å². The molecular formula is C22H26Cl3N5O. The fourth-order valence-corrected chi connectivity index (χ4v) is 5.36. The Hall–Kier alpha value is -1.76. The van der Waals surface area contributed by atoms with E-state index in [2.05, 4.69) is 11.9 Å². The van der Waals surface area contributed by atoms with Crippen LogP contribution in [0, 0.1) is 0 Å². The van der Waals surface area contributed by atoms with Crippen molar-refractivity contribution in [2.75, 3.05) is 18.0 Å². The van der Waals surface area contributed by atoms with Crippen molar-refractivity contribution in [1.29, 1.82) is 0 Å². The highest BCUT2D eigenvalue weighted by molar-refractivity contribution is 6.36. The van der Waals surface area contributed by atoms with Gasteiger partial charge in [-0.2, -0.15) is 0 Å². The molecule has 3 aliphatic rings. The molecule has 1 fully saturated rings. The quantitative estimate of drug-likeness (QED) is 0.583. The lowest BCUT2D eigenvalue weighted by Gasteiger charge is -2.32. The molecule has 2 aliphatic heterocycles. The van der Waals surface area contributed by atoms with Gasteiger partial charge in [-0.25, -0.2) is 9.78 Å². The van der Waals surface area contributed by atoms with Crippen molar-refractivity contribution in [2.45, 2.75) is 57.4 Å². The van der Waals surface area contributed by atoms with E-state index in [9.17, 15) is 4.79 Å². The first kappa shape index (κ1) is 22.4. The number of benzene rings is 1. The predicted octanol–water partition coefficient (Wildman–Crippen LogP) is 5.82. The number of imidazole rings is 1. The van der Waals surface area contributed by atoms with E-state index in [-0.39, 0.29) is 24.5 Å². The summed E-state index contributed by atoms with van der Waals surface area (Å²) in [4.78, 5) is 30.2. The number of aliphatic imine (C=N–C) groups is 1. The summed E-state index contributed by atoms with van der Waals surface area (Å²) in [7, 11) is 0. The summed E-state index contributed by atoms with van der Waals surface area (Å²) in [5.41, 5.74) is 1.75. The number of H-pyrrole nitrogens is 1. The number of halogens is 3. The van der Waals surface area contributed by atoms with Crippen LogP contribution in [-0.2, 0) is 6.42 Å². The van der Waals surface area contributed by atoms with Gasteiger partial charge in [0.05, 0.1) is 12.6 Å². The van der Waals surface area contributed by atoms with E-state index in [0.717, 1.165) is 42.2 Å². The minimum Gasteiger partial charge on any atom is -0.337 e. The summed E-state index contributed by atoms with van der Waals surface area (Å²) in [6, 6.07) is 5.39. The van der Waals surface area contributed by atoms with E-state index in [0.29, 0.717) is 41.3 Å². The number of nitrogens with one attached hydrogen (secondary N) is 1. The number of amidine groups is 1. The number of urea groups is 1. The molecule has 9 heteroatoms. The number of hydrogen-bond donors (Lipinski definition) is 1. The van der Waals surface area contributed by atoms with Crippen molar-refractivity contribution < 1.29 is 4.79 Å².